The molecule has 4 heavy (non-hydrogen) atoms. The maximum absolute atomic E-state index is 6.29. The van der Waals surface area contributed by atoms with Gasteiger partial charge in [0.05, 0.1) is 5.55 Å². The van der Waals surface area contributed by atoms with Crippen molar-refractivity contribution in [2.45, 2.75) is 0 Å². The largest absolute Gasteiger partial charge is 0.302 e. The zero-order chi connectivity index (χ0) is 3.41. The third kappa shape index (κ3) is 2.02. The van der Waals surface area contributed by atoms with E-state index in [9.17, 15) is 0 Å². The molecule has 0 aromatic heterocycles. The van der Waals surface area contributed by atoms with Crippen LogP contribution in [0.15, 0.2) is 0 Å². The first-order valence-electron chi connectivity index (χ1n) is 0.933. The molecule has 0 saturated carbocycles. The van der Waals surface area contributed by atoms with E-state index in [2.05, 4.69) is 0 Å². The normalized spacial score (nSPS) is 6.25. The summed E-state index contributed by atoms with van der Waals surface area (Å²) in [7, 11) is 0. The lowest BCUT2D eigenvalue weighted by Crippen LogP contribution is -1.42. The molecule has 24 valence electrons. The molecular formula is C2H5NS. The fourth-order valence-electron chi connectivity index (χ4n) is 0. The maximum atomic E-state index is 6.29. The van der Waals surface area contributed by atoms with Crippen LogP contribution in [-0.4, -0.2) is 11.8 Å². The van der Waals surface area contributed by atoms with E-state index in [0.717, 1.165) is 0 Å². The lowest BCUT2D eigenvalue weighted by atomic mass is 11.7. The van der Waals surface area contributed by atoms with Crippen LogP contribution < -0.4 is 0 Å². The van der Waals surface area contributed by atoms with Crippen LogP contribution in [0.5, 0.6) is 0 Å². The predicted octanol–water partition coefficient (Wildman–Crippen LogP) is 0.956. The summed E-state index contributed by atoms with van der Waals surface area (Å²) in [5, 5.41) is 6.29. The SMILES string of the molecule is CSC=N. The summed E-state index contributed by atoms with van der Waals surface area (Å²) < 4.78 is 0. The van der Waals surface area contributed by atoms with E-state index in [4.69, 9.17) is 5.41 Å². The van der Waals surface area contributed by atoms with Crippen molar-refractivity contribution >= 4 is 17.3 Å². The molecule has 1 N–H and O–H groups in total. The van der Waals surface area contributed by atoms with Crippen molar-refractivity contribution in [1.29, 1.82) is 5.41 Å². The van der Waals surface area contributed by atoms with Crippen LogP contribution in [0.3, 0.4) is 0 Å². The molecule has 0 radical (unpaired) electrons. The summed E-state index contributed by atoms with van der Waals surface area (Å²) >= 11 is 1.40. The van der Waals surface area contributed by atoms with Crippen molar-refractivity contribution in [2.24, 2.45) is 0 Å². The molecule has 1 nitrogen and oxygen atoms in total. The van der Waals surface area contributed by atoms with Gasteiger partial charge in [-0.3, -0.25) is 0 Å². The second-order valence-corrected chi connectivity index (χ2v) is 1.06. The van der Waals surface area contributed by atoms with Gasteiger partial charge in [-0.25, -0.2) is 0 Å². The molecule has 0 aliphatic carbocycles. The van der Waals surface area contributed by atoms with Gasteiger partial charge in [-0.15, -0.1) is 11.8 Å². The lowest BCUT2D eigenvalue weighted by Gasteiger charge is -1.57. The van der Waals surface area contributed by atoms with E-state index in [1.807, 2.05) is 6.26 Å². The van der Waals surface area contributed by atoms with E-state index in [0.29, 0.717) is 0 Å². The Labute approximate surface area is 29.9 Å². The Morgan fingerprint density at radius 3 is 2.25 bits per heavy atom. The molecular weight excluding hydrogens is 70.1 g/mol. The Balaban J connectivity index is 2.30. The van der Waals surface area contributed by atoms with Gasteiger partial charge >= 0.3 is 0 Å². The highest BCUT2D eigenvalue weighted by molar-refractivity contribution is 8.11. The van der Waals surface area contributed by atoms with Gasteiger partial charge in [-0.05, 0) is 6.26 Å². The molecule has 0 fully saturated rings. The van der Waals surface area contributed by atoms with E-state index >= 15 is 0 Å². The standard InChI is InChI=1S/C2H5NS/c1-4-2-3/h2-3H,1H3. The van der Waals surface area contributed by atoms with Crippen LogP contribution in [0, 0.1) is 5.41 Å². The topological polar surface area (TPSA) is 23.9 Å². The minimum Gasteiger partial charge on any atom is -0.302 e. The Morgan fingerprint density at radius 1 is 2.00 bits per heavy atom. The Morgan fingerprint density at radius 2 is 2.25 bits per heavy atom. The fraction of sp³-hybridized carbons (Fsp3) is 0.500. The van der Waals surface area contributed by atoms with E-state index in [1.165, 1.54) is 17.3 Å². The summed E-state index contributed by atoms with van der Waals surface area (Å²) in [6.45, 7) is 0. The van der Waals surface area contributed by atoms with Crippen LogP contribution in [0.4, 0.5) is 0 Å². The van der Waals surface area contributed by atoms with Gasteiger partial charge in [0.25, 0.3) is 0 Å². The van der Waals surface area contributed by atoms with Crippen LogP contribution >= 0.6 is 11.8 Å². The van der Waals surface area contributed by atoms with Crippen molar-refractivity contribution in [1.82, 2.24) is 0 Å². The third-order valence-corrected chi connectivity index (χ3v) is 0.354. The zero-order valence-corrected chi connectivity index (χ0v) is 3.30. The van der Waals surface area contributed by atoms with Gasteiger partial charge in [0, 0.05) is 0 Å². The molecule has 0 heterocycles. The smallest absolute Gasteiger partial charge is 0.0503 e. The molecule has 0 unspecified atom stereocenters. The van der Waals surface area contributed by atoms with Crippen molar-refractivity contribution in [3.63, 3.8) is 0 Å². The highest BCUT2D eigenvalue weighted by Gasteiger charge is 1.46. The minimum absolute atomic E-state index is 1.29. The Bertz CT molecular complexity index is 20.0. The summed E-state index contributed by atoms with van der Waals surface area (Å²) in [5.74, 6) is 0. The van der Waals surface area contributed by atoms with Gasteiger partial charge in [-0.2, -0.15) is 0 Å². The first kappa shape index (κ1) is 4.02. The molecule has 0 aliphatic rings. The number of hydrogen-bond acceptors (Lipinski definition) is 2. The van der Waals surface area contributed by atoms with Gasteiger partial charge in [-0.1, -0.05) is 0 Å². The van der Waals surface area contributed by atoms with Crippen LogP contribution in [0.25, 0.3) is 0 Å². The molecule has 0 atom stereocenters. The van der Waals surface area contributed by atoms with Crippen molar-refractivity contribution in [3.05, 3.63) is 0 Å². The third-order valence-electron chi connectivity index (χ3n) is 0.118. The summed E-state index contributed by atoms with van der Waals surface area (Å²) in [5.41, 5.74) is 1.29. The highest BCUT2D eigenvalue weighted by Crippen LogP contribution is 1.74. The monoisotopic (exact) mass is 75.0 g/mol. The highest BCUT2D eigenvalue weighted by atomic mass is 32.2. The molecule has 0 bridgehead atoms. The number of hydrogen-bond donors (Lipinski definition) is 1. The summed E-state index contributed by atoms with van der Waals surface area (Å²) in [6.07, 6.45) is 1.85. The Kier molecular flexibility index (Phi) is 3.04. The average Bonchev–Trinajstić information content (AvgIpc) is 1.37. The van der Waals surface area contributed by atoms with Gasteiger partial charge < -0.3 is 5.41 Å². The molecule has 0 aliphatic heterocycles. The lowest BCUT2D eigenvalue weighted by molar-refractivity contribution is 1.60. The van der Waals surface area contributed by atoms with E-state index in [1.54, 1.807) is 0 Å². The molecule has 2 heteroatoms. The first-order valence-corrected chi connectivity index (χ1v) is 2.22. The van der Waals surface area contributed by atoms with Crippen LogP contribution in [-0.2, 0) is 0 Å². The molecule has 0 aromatic rings. The summed E-state index contributed by atoms with van der Waals surface area (Å²) in [4.78, 5) is 0. The molecule has 0 saturated heterocycles. The van der Waals surface area contributed by atoms with Gasteiger partial charge in [0.1, 0.15) is 0 Å². The minimum atomic E-state index is 1.29. The fourth-order valence-corrected chi connectivity index (χ4v) is 0. The van der Waals surface area contributed by atoms with E-state index in [-0.39, 0.29) is 0 Å². The predicted molar refractivity (Wildman–Crippen MR) is 22.3 cm³/mol. The molecule has 0 spiro atoms. The first-order chi connectivity index (χ1) is 1.91. The van der Waals surface area contributed by atoms with Crippen LogP contribution in [0.2, 0.25) is 0 Å². The number of nitrogens with one attached hydrogen (secondary N) is 1. The average molecular weight is 75.1 g/mol. The maximum Gasteiger partial charge on any atom is 0.0503 e. The van der Waals surface area contributed by atoms with E-state index < -0.39 is 0 Å². The Hall–Kier alpha value is 0.0200. The molecule has 0 rings (SSSR count). The quantitative estimate of drug-likeness (QED) is 0.364. The van der Waals surface area contributed by atoms with Crippen molar-refractivity contribution in [3.8, 4) is 0 Å². The second kappa shape index (κ2) is 3.02. The van der Waals surface area contributed by atoms with Gasteiger partial charge in [0.2, 0.25) is 0 Å². The van der Waals surface area contributed by atoms with Crippen molar-refractivity contribution in [2.75, 3.05) is 6.26 Å². The number of rotatable bonds is 1. The molecule has 0 aromatic carbocycles. The van der Waals surface area contributed by atoms with Gasteiger partial charge in [0.15, 0.2) is 0 Å². The van der Waals surface area contributed by atoms with Crippen LogP contribution in [0.1, 0.15) is 0 Å². The number of thioether (sulfide) groups is 1. The zero-order valence-electron chi connectivity index (χ0n) is 2.49. The summed E-state index contributed by atoms with van der Waals surface area (Å²) in [6, 6.07) is 0. The second-order valence-electron chi connectivity index (χ2n) is 0.354. The van der Waals surface area contributed by atoms with Crippen molar-refractivity contribution < 1.29 is 0 Å². The molecule has 0 amide bonds.